The summed E-state index contributed by atoms with van der Waals surface area (Å²) in [4.78, 5) is 34.3. The minimum atomic E-state index is -5.71. The quantitative estimate of drug-likeness (QED) is 0.348. The molecule has 2 aliphatic rings. The fraction of sp³-hybridized carbons (Fsp3) is 0.333. The predicted molar refractivity (Wildman–Crippen MR) is 124 cm³/mol. The van der Waals surface area contributed by atoms with Gasteiger partial charge in [-0.3, -0.25) is 9.78 Å². The normalized spacial score (nSPS) is 19.4. The Bertz CT molecular complexity index is 1630. The number of nitrogen functional groups attached to an aromatic ring is 1. The van der Waals surface area contributed by atoms with Crippen molar-refractivity contribution < 1.29 is 31.1 Å². The van der Waals surface area contributed by atoms with Crippen LogP contribution in [-0.4, -0.2) is 47.3 Å². The summed E-state index contributed by atoms with van der Waals surface area (Å²) in [6.45, 7) is 0. The number of carbonyl (C=O) groups excluding carboxylic acids is 1. The van der Waals surface area contributed by atoms with Gasteiger partial charge >= 0.3 is 12.1 Å². The monoisotopic (exact) mass is 548 g/mol. The van der Waals surface area contributed by atoms with Gasteiger partial charge in [-0.05, 0) is 36.8 Å². The highest BCUT2D eigenvalue weighted by atomic mass is 19.4. The van der Waals surface area contributed by atoms with Gasteiger partial charge < -0.3 is 15.5 Å². The lowest BCUT2D eigenvalue weighted by Crippen LogP contribution is -2.38. The fourth-order valence-corrected chi connectivity index (χ4v) is 5.13. The van der Waals surface area contributed by atoms with Gasteiger partial charge in [-0.2, -0.15) is 22.0 Å². The zero-order chi connectivity index (χ0) is 27.7. The average Bonchev–Trinajstić information content (AvgIpc) is 3.51. The van der Waals surface area contributed by atoms with Gasteiger partial charge in [0.25, 0.3) is 0 Å². The third kappa shape index (κ3) is 3.86. The van der Waals surface area contributed by atoms with E-state index < -0.39 is 42.1 Å². The van der Waals surface area contributed by atoms with E-state index in [9.17, 15) is 31.1 Å². The number of rotatable bonds is 6. The number of fused-ring (bicyclic) bond motifs is 2. The molecule has 1 fully saturated rings. The van der Waals surface area contributed by atoms with Crippen molar-refractivity contribution in [3.63, 3.8) is 0 Å². The van der Waals surface area contributed by atoms with Crippen molar-refractivity contribution in [3.05, 3.63) is 59.7 Å². The number of aromatic nitrogens is 6. The molecule has 15 heteroatoms. The zero-order valence-corrected chi connectivity index (χ0v) is 19.8. The first-order valence-corrected chi connectivity index (χ1v) is 11.8. The highest BCUT2D eigenvalue weighted by Gasteiger charge is 2.60. The number of pyridine rings is 1. The number of nitrogens with zero attached hydrogens (tertiary/aromatic N) is 6. The number of hydrogen-bond donors (Lipinski definition) is 2. The Labute approximate surface area is 215 Å². The number of carbonyl (C=O) groups is 1. The molecule has 0 saturated heterocycles. The van der Waals surface area contributed by atoms with Crippen molar-refractivity contribution in [3.8, 4) is 11.5 Å². The molecule has 0 radical (unpaired) electrons. The number of nitrogens with one attached hydrogen (secondary N) is 1. The van der Waals surface area contributed by atoms with Gasteiger partial charge in [0, 0.05) is 31.2 Å². The molecule has 1 aliphatic heterocycles. The minimum absolute atomic E-state index is 0.00548. The van der Waals surface area contributed by atoms with E-state index in [4.69, 9.17) is 5.73 Å². The molecule has 1 unspecified atom stereocenters. The molecule has 39 heavy (non-hydrogen) atoms. The van der Waals surface area contributed by atoms with Crippen molar-refractivity contribution in [2.24, 2.45) is 5.92 Å². The van der Waals surface area contributed by atoms with E-state index >= 15 is 0 Å². The van der Waals surface area contributed by atoms with E-state index in [1.807, 2.05) is 0 Å². The summed E-state index contributed by atoms with van der Waals surface area (Å²) in [6, 6.07) is 1.21. The van der Waals surface area contributed by atoms with Gasteiger partial charge in [-0.15, -0.1) is 0 Å². The van der Waals surface area contributed by atoms with E-state index in [1.165, 1.54) is 35.3 Å². The molecule has 5 heterocycles. The zero-order valence-electron chi connectivity index (χ0n) is 19.8. The van der Waals surface area contributed by atoms with Crippen LogP contribution in [0.3, 0.4) is 0 Å². The molecule has 1 atom stereocenters. The highest BCUT2D eigenvalue weighted by molar-refractivity contribution is 6.10. The molecular formula is C24H18F6N8O. The van der Waals surface area contributed by atoms with Gasteiger partial charge in [0.1, 0.15) is 28.6 Å². The molecule has 4 aromatic rings. The van der Waals surface area contributed by atoms with Crippen molar-refractivity contribution in [2.45, 2.75) is 43.2 Å². The van der Waals surface area contributed by atoms with Crippen LogP contribution in [-0.2, 0) is 16.6 Å². The minimum Gasteiger partial charge on any atom is -0.383 e. The number of anilines is 2. The molecule has 0 spiro atoms. The topological polar surface area (TPSA) is 124 Å². The average molecular weight is 548 g/mol. The lowest BCUT2D eigenvalue weighted by molar-refractivity contribution is -0.284. The van der Waals surface area contributed by atoms with Gasteiger partial charge in [0.05, 0.1) is 17.5 Å². The van der Waals surface area contributed by atoms with Crippen molar-refractivity contribution in [2.75, 3.05) is 11.1 Å². The van der Waals surface area contributed by atoms with E-state index in [2.05, 4.69) is 30.2 Å². The number of aryl methyl sites for hydroxylation is 1. The highest BCUT2D eigenvalue weighted by Crippen LogP contribution is 2.57. The van der Waals surface area contributed by atoms with Crippen LogP contribution in [0, 0.1) is 11.7 Å². The molecule has 1 aliphatic carbocycles. The van der Waals surface area contributed by atoms with Crippen molar-refractivity contribution in [1.29, 1.82) is 0 Å². The molecule has 1 saturated carbocycles. The van der Waals surface area contributed by atoms with Crippen LogP contribution in [0.2, 0.25) is 0 Å². The lowest BCUT2D eigenvalue weighted by Gasteiger charge is -2.28. The molecule has 0 bridgehead atoms. The number of nitrogens with two attached hydrogens (primary N) is 1. The molecule has 6 rings (SSSR count). The number of amides is 1. The molecule has 0 aromatic carbocycles. The molecule has 3 N–H and O–H groups in total. The second-order valence-electron chi connectivity index (χ2n) is 9.52. The summed E-state index contributed by atoms with van der Waals surface area (Å²) in [6.07, 6.45) is -0.0271. The van der Waals surface area contributed by atoms with E-state index in [1.54, 1.807) is 0 Å². The number of imidazole rings is 1. The maximum atomic E-state index is 14.1. The third-order valence-corrected chi connectivity index (χ3v) is 7.03. The summed E-state index contributed by atoms with van der Waals surface area (Å²) < 4.78 is 80.9. The first kappa shape index (κ1) is 25.0. The maximum absolute atomic E-state index is 14.1. The largest absolute Gasteiger partial charge is 0.453 e. The predicted octanol–water partition coefficient (Wildman–Crippen LogP) is 4.08. The van der Waals surface area contributed by atoms with Crippen LogP contribution in [0.1, 0.15) is 36.1 Å². The Morgan fingerprint density at radius 1 is 1.13 bits per heavy atom. The number of alkyl halides is 5. The van der Waals surface area contributed by atoms with Gasteiger partial charge in [-0.25, -0.2) is 24.3 Å². The first-order valence-electron chi connectivity index (χ1n) is 11.8. The van der Waals surface area contributed by atoms with Crippen LogP contribution in [0.25, 0.3) is 17.2 Å². The first-order chi connectivity index (χ1) is 18.4. The summed E-state index contributed by atoms with van der Waals surface area (Å²) in [7, 11) is 0. The Kier molecular flexibility index (Phi) is 5.35. The van der Waals surface area contributed by atoms with Gasteiger partial charge in [0.2, 0.25) is 5.91 Å². The molecular weight excluding hydrogens is 530 g/mol. The number of hydrogen-bond acceptors (Lipinski definition) is 7. The van der Waals surface area contributed by atoms with E-state index in [0.29, 0.717) is 18.4 Å². The van der Waals surface area contributed by atoms with Crippen LogP contribution in [0.15, 0.2) is 37.1 Å². The molecule has 1 amide bonds. The van der Waals surface area contributed by atoms with Gasteiger partial charge in [-0.1, -0.05) is 0 Å². The van der Waals surface area contributed by atoms with Gasteiger partial charge in [0.15, 0.2) is 11.5 Å². The Hall–Kier alpha value is -4.30. The second-order valence-corrected chi connectivity index (χ2v) is 9.52. The summed E-state index contributed by atoms with van der Waals surface area (Å²) >= 11 is 0. The van der Waals surface area contributed by atoms with Crippen LogP contribution < -0.4 is 11.1 Å². The Morgan fingerprint density at radius 2 is 1.90 bits per heavy atom. The molecule has 4 aromatic heterocycles. The third-order valence-electron chi connectivity index (χ3n) is 7.03. The maximum Gasteiger partial charge on any atom is 0.453 e. The fourth-order valence-electron chi connectivity index (χ4n) is 5.13. The lowest BCUT2D eigenvalue weighted by atomic mass is 9.72. The van der Waals surface area contributed by atoms with Crippen molar-refractivity contribution in [1.82, 2.24) is 29.3 Å². The second kappa shape index (κ2) is 8.35. The smallest absolute Gasteiger partial charge is 0.383 e. The van der Waals surface area contributed by atoms with E-state index in [0.717, 1.165) is 6.20 Å². The molecule has 202 valence electrons. The van der Waals surface area contributed by atoms with Crippen LogP contribution in [0.5, 0.6) is 0 Å². The van der Waals surface area contributed by atoms with Crippen molar-refractivity contribution >= 4 is 23.2 Å². The van der Waals surface area contributed by atoms with Crippen LogP contribution >= 0.6 is 0 Å². The SMILES string of the molecule is Nc1nc(-c2cn3ccnc3c(CCC(F)(F)C(F)(F)F)n2)nc2c1C(c1cncc(F)c1)(C1CC1)C(=O)N2. The van der Waals surface area contributed by atoms with Crippen LogP contribution in [0.4, 0.5) is 38.0 Å². The molecule has 9 nitrogen and oxygen atoms in total. The summed E-state index contributed by atoms with van der Waals surface area (Å²) in [5.74, 6) is -6.36. The Morgan fingerprint density at radius 3 is 2.59 bits per heavy atom. The number of halogens is 6. The van der Waals surface area contributed by atoms with E-state index in [-0.39, 0.29) is 46.0 Å². The standard InChI is InChI=1S/C24H18F6N8O/c25-13-7-12(8-32-9-13)23(11-1-2-11)16-17(31)35-18(36-19(16)37-21(23)39)15-10-38-6-5-33-20(38)14(34-15)3-4-22(26,27)24(28,29)30/h5-11H,1-4H2,(H3,31,35,36,37,39). The summed E-state index contributed by atoms with van der Waals surface area (Å²) in [5.41, 5.74) is 5.52. The Balaban J connectivity index is 1.44. The summed E-state index contributed by atoms with van der Waals surface area (Å²) in [5, 5.41) is 2.70.